The second-order valence-corrected chi connectivity index (χ2v) is 7.11. The summed E-state index contributed by atoms with van der Waals surface area (Å²) in [5.74, 6) is 1.48. The molecule has 0 atom stereocenters. The van der Waals surface area contributed by atoms with Crippen LogP contribution in [-0.2, 0) is 0 Å². The number of ether oxygens (including phenoxy) is 2. The van der Waals surface area contributed by atoms with Crippen LogP contribution in [0.25, 0.3) is 33.5 Å². The van der Waals surface area contributed by atoms with E-state index in [1.165, 1.54) is 12.1 Å². The molecule has 0 aliphatic carbocycles. The van der Waals surface area contributed by atoms with Gasteiger partial charge in [0.15, 0.2) is 17.3 Å². The van der Waals surface area contributed by atoms with Crippen molar-refractivity contribution in [2.24, 2.45) is 0 Å². The number of carbonyl (C=O) groups is 1. The highest BCUT2D eigenvalue weighted by molar-refractivity contribution is 6.15. The Bertz CT molecular complexity index is 1410. The number of benzene rings is 3. The van der Waals surface area contributed by atoms with Gasteiger partial charge in [-0.15, -0.1) is 0 Å². The number of hydrogen-bond donors (Lipinski definition) is 4. The van der Waals surface area contributed by atoms with Crippen molar-refractivity contribution in [3.05, 3.63) is 60.2 Å². The zero-order valence-electron chi connectivity index (χ0n) is 17.3. The molecule has 5 aromatic rings. The number of amides is 1. The minimum atomic E-state index is -0.302. The van der Waals surface area contributed by atoms with E-state index in [0.717, 1.165) is 5.52 Å². The first kappa shape index (κ1) is 19.4. The zero-order valence-corrected chi connectivity index (χ0v) is 17.3. The Morgan fingerprint density at radius 2 is 1.75 bits per heavy atom. The normalized spacial score (nSPS) is 11.1. The Hall–Kier alpha value is -4.53. The second kappa shape index (κ2) is 7.62. The molecule has 4 N–H and O–H groups in total. The lowest BCUT2D eigenvalue weighted by Crippen LogP contribution is -2.12. The number of aromatic amines is 2. The summed E-state index contributed by atoms with van der Waals surface area (Å²) < 4.78 is 10.7. The maximum atomic E-state index is 13.1. The van der Waals surface area contributed by atoms with Gasteiger partial charge in [-0.3, -0.25) is 9.89 Å². The Morgan fingerprint density at radius 1 is 1.00 bits per heavy atom. The summed E-state index contributed by atoms with van der Waals surface area (Å²) >= 11 is 0. The molecule has 0 saturated carbocycles. The van der Waals surface area contributed by atoms with Gasteiger partial charge in [-0.1, -0.05) is 6.07 Å². The lowest BCUT2D eigenvalue weighted by molar-refractivity contribution is 0.102. The molecule has 32 heavy (non-hydrogen) atoms. The van der Waals surface area contributed by atoms with Gasteiger partial charge in [-0.25, -0.2) is 4.98 Å². The summed E-state index contributed by atoms with van der Waals surface area (Å²) in [5, 5.41) is 20.3. The van der Waals surface area contributed by atoms with E-state index >= 15 is 0 Å². The molecule has 0 aliphatic heterocycles. The Kier molecular flexibility index (Phi) is 4.63. The Morgan fingerprint density at radius 3 is 2.50 bits per heavy atom. The molecule has 2 heterocycles. The van der Waals surface area contributed by atoms with Gasteiger partial charge in [0.1, 0.15) is 11.4 Å². The van der Waals surface area contributed by atoms with E-state index in [0.29, 0.717) is 50.7 Å². The Balaban J connectivity index is 1.59. The van der Waals surface area contributed by atoms with Crippen LogP contribution in [0.3, 0.4) is 0 Å². The number of phenolic OH excluding ortho intramolecular Hbond substituents is 1. The lowest BCUT2D eigenvalue weighted by Gasteiger charge is -2.07. The van der Waals surface area contributed by atoms with E-state index < -0.39 is 0 Å². The number of methoxy groups -OCH3 is 2. The zero-order chi connectivity index (χ0) is 22.2. The Labute approximate surface area is 182 Å². The molecule has 9 nitrogen and oxygen atoms in total. The van der Waals surface area contributed by atoms with E-state index in [-0.39, 0.29) is 11.7 Å². The monoisotopic (exact) mass is 429 g/mol. The van der Waals surface area contributed by atoms with Gasteiger partial charge in [0.2, 0.25) is 0 Å². The van der Waals surface area contributed by atoms with Gasteiger partial charge in [0, 0.05) is 23.2 Å². The standard InChI is InChI=1S/C23H19N5O4/c1-31-18-10-16-17(11-19(18)32-2)26-22(25-16)21-20-14(4-3-5-15(20)27-28-21)23(30)24-12-6-8-13(29)9-7-12/h3-11,29H,1-2H3,(H,24,30)(H,25,26)(H,27,28). The van der Waals surface area contributed by atoms with Crippen molar-refractivity contribution in [1.29, 1.82) is 0 Å². The van der Waals surface area contributed by atoms with Gasteiger partial charge in [0.25, 0.3) is 5.91 Å². The molecular formula is C23H19N5O4. The van der Waals surface area contributed by atoms with E-state index in [4.69, 9.17) is 9.47 Å². The molecule has 0 fully saturated rings. The highest BCUT2D eigenvalue weighted by Gasteiger charge is 2.20. The smallest absolute Gasteiger partial charge is 0.256 e. The molecule has 160 valence electrons. The quantitative estimate of drug-likeness (QED) is 0.312. The molecule has 0 aliphatic rings. The molecule has 2 aromatic heterocycles. The SMILES string of the molecule is COc1cc2nc(-c3n[nH]c4cccc(C(=O)Nc5ccc(O)cc5)c34)[nH]c2cc1OC. The highest BCUT2D eigenvalue weighted by atomic mass is 16.5. The second-order valence-electron chi connectivity index (χ2n) is 7.11. The van der Waals surface area contributed by atoms with Crippen LogP contribution >= 0.6 is 0 Å². The summed E-state index contributed by atoms with van der Waals surface area (Å²) in [6.07, 6.45) is 0. The third-order valence-corrected chi connectivity index (χ3v) is 5.17. The van der Waals surface area contributed by atoms with Crippen LogP contribution in [0.5, 0.6) is 17.2 Å². The first-order valence-corrected chi connectivity index (χ1v) is 9.77. The van der Waals surface area contributed by atoms with E-state index in [1.807, 2.05) is 6.07 Å². The number of aromatic nitrogens is 4. The minimum absolute atomic E-state index is 0.125. The van der Waals surface area contributed by atoms with Crippen LogP contribution in [0, 0.1) is 0 Å². The van der Waals surface area contributed by atoms with Gasteiger partial charge in [-0.05, 0) is 36.4 Å². The van der Waals surface area contributed by atoms with Crippen molar-refractivity contribution in [3.8, 4) is 28.8 Å². The van der Waals surface area contributed by atoms with Crippen molar-refractivity contribution in [1.82, 2.24) is 20.2 Å². The lowest BCUT2D eigenvalue weighted by atomic mass is 10.1. The summed E-state index contributed by atoms with van der Waals surface area (Å²) in [7, 11) is 3.14. The van der Waals surface area contributed by atoms with Gasteiger partial charge in [0.05, 0.1) is 36.3 Å². The largest absolute Gasteiger partial charge is 0.508 e. The number of phenols is 1. The number of hydrogen-bond acceptors (Lipinski definition) is 6. The molecule has 9 heteroatoms. The number of fused-ring (bicyclic) bond motifs is 2. The molecule has 0 bridgehead atoms. The van der Waals surface area contributed by atoms with Crippen LogP contribution in [0.2, 0.25) is 0 Å². The van der Waals surface area contributed by atoms with Crippen LogP contribution in [0.1, 0.15) is 10.4 Å². The highest BCUT2D eigenvalue weighted by Crippen LogP contribution is 2.34. The summed E-state index contributed by atoms with van der Waals surface area (Å²) in [5.41, 5.74) is 3.66. The van der Waals surface area contributed by atoms with Gasteiger partial charge < -0.3 is 24.9 Å². The third kappa shape index (κ3) is 3.25. The average molecular weight is 429 g/mol. The first-order valence-electron chi connectivity index (χ1n) is 9.77. The van der Waals surface area contributed by atoms with E-state index in [1.54, 1.807) is 50.6 Å². The minimum Gasteiger partial charge on any atom is -0.508 e. The third-order valence-electron chi connectivity index (χ3n) is 5.17. The maximum absolute atomic E-state index is 13.1. The topological polar surface area (TPSA) is 125 Å². The van der Waals surface area contributed by atoms with Crippen molar-refractivity contribution >= 4 is 33.5 Å². The number of rotatable bonds is 5. The van der Waals surface area contributed by atoms with Crippen LogP contribution in [0.4, 0.5) is 5.69 Å². The number of nitrogens with zero attached hydrogens (tertiary/aromatic N) is 2. The molecular weight excluding hydrogens is 410 g/mol. The van der Waals surface area contributed by atoms with Crippen LogP contribution in [-0.4, -0.2) is 45.4 Å². The number of imidazole rings is 1. The predicted molar refractivity (Wildman–Crippen MR) is 120 cm³/mol. The van der Waals surface area contributed by atoms with Gasteiger partial charge in [-0.2, -0.15) is 5.10 Å². The number of H-pyrrole nitrogens is 2. The first-order chi connectivity index (χ1) is 15.6. The maximum Gasteiger partial charge on any atom is 0.256 e. The van der Waals surface area contributed by atoms with E-state index in [2.05, 4.69) is 25.5 Å². The summed E-state index contributed by atoms with van der Waals surface area (Å²) in [4.78, 5) is 21.0. The van der Waals surface area contributed by atoms with Gasteiger partial charge >= 0.3 is 0 Å². The number of carbonyl (C=O) groups excluding carboxylic acids is 1. The molecule has 0 unspecified atom stereocenters. The molecule has 3 aromatic carbocycles. The fourth-order valence-electron chi connectivity index (χ4n) is 3.63. The fraction of sp³-hybridized carbons (Fsp3) is 0.0870. The molecule has 0 saturated heterocycles. The average Bonchev–Trinajstić information content (AvgIpc) is 3.42. The van der Waals surface area contributed by atoms with Crippen molar-refractivity contribution in [2.75, 3.05) is 19.5 Å². The predicted octanol–water partition coefficient (Wildman–Crippen LogP) is 4.08. The molecule has 0 radical (unpaired) electrons. The number of nitrogens with one attached hydrogen (secondary N) is 3. The van der Waals surface area contributed by atoms with Crippen molar-refractivity contribution < 1.29 is 19.4 Å². The summed E-state index contributed by atoms with van der Waals surface area (Å²) in [6.45, 7) is 0. The fourth-order valence-corrected chi connectivity index (χ4v) is 3.63. The van der Waals surface area contributed by atoms with Crippen molar-refractivity contribution in [2.45, 2.75) is 0 Å². The molecule has 5 rings (SSSR count). The number of aromatic hydroxyl groups is 1. The van der Waals surface area contributed by atoms with Crippen LogP contribution in [0.15, 0.2) is 54.6 Å². The number of anilines is 1. The van der Waals surface area contributed by atoms with Crippen LogP contribution < -0.4 is 14.8 Å². The van der Waals surface area contributed by atoms with E-state index in [9.17, 15) is 9.90 Å². The summed E-state index contributed by atoms with van der Waals surface area (Å²) in [6, 6.07) is 15.2. The van der Waals surface area contributed by atoms with Crippen molar-refractivity contribution in [3.63, 3.8) is 0 Å². The molecule has 1 amide bonds. The molecule has 0 spiro atoms.